The van der Waals surface area contributed by atoms with Gasteiger partial charge in [-0.15, -0.1) is 0 Å². The van der Waals surface area contributed by atoms with Gasteiger partial charge in [0.25, 0.3) is 5.91 Å². The Labute approximate surface area is 139 Å². The molecule has 0 aliphatic rings. The third-order valence-electron chi connectivity index (χ3n) is 3.38. The first-order chi connectivity index (χ1) is 11.7. The SMILES string of the molecule is Nc1ccccc1NC(=O)c1ccc(/N=N/c2ccccc2)cc1. The number of hydrogen-bond donors (Lipinski definition) is 2. The summed E-state index contributed by atoms with van der Waals surface area (Å²) in [5, 5.41) is 11.1. The van der Waals surface area contributed by atoms with E-state index in [1.807, 2.05) is 42.5 Å². The molecule has 1 amide bonds. The average Bonchev–Trinajstić information content (AvgIpc) is 2.63. The van der Waals surface area contributed by atoms with E-state index in [-0.39, 0.29) is 5.91 Å². The van der Waals surface area contributed by atoms with Crippen LogP contribution in [0.15, 0.2) is 89.1 Å². The van der Waals surface area contributed by atoms with E-state index in [0.29, 0.717) is 22.6 Å². The molecule has 5 heteroatoms. The predicted octanol–water partition coefficient (Wildman–Crippen LogP) is 4.94. The van der Waals surface area contributed by atoms with Crippen LogP contribution in [0.2, 0.25) is 0 Å². The first-order valence-corrected chi connectivity index (χ1v) is 7.45. The van der Waals surface area contributed by atoms with Crippen LogP contribution in [0.25, 0.3) is 0 Å². The van der Waals surface area contributed by atoms with E-state index in [2.05, 4.69) is 15.5 Å². The standard InChI is InChI=1S/C19H16N4O/c20-17-8-4-5-9-18(17)21-19(24)14-10-12-16(13-11-14)23-22-15-6-2-1-3-7-15/h1-13H,20H2,(H,21,24)/b23-22+. The first-order valence-electron chi connectivity index (χ1n) is 7.45. The van der Waals surface area contributed by atoms with Gasteiger partial charge in [0.15, 0.2) is 0 Å². The smallest absolute Gasteiger partial charge is 0.255 e. The lowest BCUT2D eigenvalue weighted by atomic mass is 10.2. The number of nitrogen functional groups attached to an aromatic ring is 1. The molecule has 0 aliphatic heterocycles. The van der Waals surface area contributed by atoms with Gasteiger partial charge in [0.05, 0.1) is 22.7 Å². The number of nitrogens with two attached hydrogens (primary N) is 1. The highest BCUT2D eigenvalue weighted by atomic mass is 16.1. The fourth-order valence-corrected chi connectivity index (χ4v) is 2.09. The predicted molar refractivity (Wildman–Crippen MR) is 95.9 cm³/mol. The number of amides is 1. The first kappa shape index (κ1) is 15.4. The molecule has 0 radical (unpaired) electrons. The fourth-order valence-electron chi connectivity index (χ4n) is 2.09. The molecule has 0 saturated heterocycles. The van der Waals surface area contributed by atoms with Crippen LogP contribution in [0.3, 0.4) is 0 Å². The number of benzene rings is 3. The van der Waals surface area contributed by atoms with Crippen LogP contribution in [-0.4, -0.2) is 5.91 Å². The van der Waals surface area contributed by atoms with Crippen molar-refractivity contribution in [2.24, 2.45) is 10.2 Å². The molecule has 0 bridgehead atoms. The second kappa shape index (κ2) is 7.19. The van der Waals surface area contributed by atoms with E-state index in [4.69, 9.17) is 5.73 Å². The Morgan fingerprint density at radius 2 is 1.33 bits per heavy atom. The van der Waals surface area contributed by atoms with Gasteiger partial charge < -0.3 is 11.1 Å². The molecule has 0 aromatic heterocycles. The van der Waals surface area contributed by atoms with Crippen LogP contribution in [0.4, 0.5) is 22.7 Å². The molecule has 0 heterocycles. The van der Waals surface area contributed by atoms with Crippen molar-refractivity contribution in [2.45, 2.75) is 0 Å². The van der Waals surface area contributed by atoms with Crippen molar-refractivity contribution in [3.63, 3.8) is 0 Å². The largest absolute Gasteiger partial charge is 0.397 e. The van der Waals surface area contributed by atoms with E-state index in [1.165, 1.54) is 0 Å². The van der Waals surface area contributed by atoms with Gasteiger partial charge in [-0.1, -0.05) is 30.3 Å². The Morgan fingerprint density at radius 1 is 0.750 bits per heavy atom. The summed E-state index contributed by atoms with van der Waals surface area (Å²) < 4.78 is 0. The normalized spacial score (nSPS) is 10.7. The third-order valence-corrected chi connectivity index (χ3v) is 3.38. The number of nitrogens with one attached hydrogen (secondary N) is 1. The van der Waals surface area contributed by atoms with Crippen molar-refractivity contribution >= 4 is 28.7 Å². The van der Waals surface area contributed by atoms with Crippen LogP contribution in [-0.2, 0) is 0 Å². The molecule has 3 aromatic rings. The van der Waals surface area contributed by atoms with Crippen molar-refractivity contribution in [3.05, 3.63) is 84.4 Å². The highest BCUT2D eigenvalue weighted by Gasteiger charge is 2.07. The van der Waals surface area contributed by atoms with Gasteiger partial charge in [0, 0.05) is 5.56 Å². The Bertz CT molecular complexity index is 858. The molecule has 3 aromatic carbocycles. The van der Waals surface area contributed by atoms with Crippen LogP contribution < -0.4 is 11.1 Å². The number of carbonyl (C=O) groups is 1. The van der Waals surface area contributed by atoms with Gasteiger partial charge in [-0.25, -0.2) is 0 Å². The summed E-state index contributed by atoms with van der Waals surface area (Å²) in [7, 11) is 0. The molecule has 0 spiro atoms. The Balaban J connectivity index is 1.69. The van der Waals surface area contributed by atoms with Gasteiger partial charge in [-0.2, -0.15) is 10.2 Å². The highest BCUT2D eigenvalue weighted by molar-refractivity contribution is 6.05. The van der Waals surface area contributed by atoms with Crippen LogP contribution in [0.1, 0.15) is 10.4 Å². The molecule has 0 fully saturated rings. The lowest BCUT2D eigenvalue weighted by molar-refractivity contribution is 0.102. The minimum absolute atomic E-state index is 0.223. The lowest BCUT2D eigenvalue weighted by Crippen LogP contribution is -2.12. The number of azo groups is 1. The Morgan fingerprint density at radius 3 is 2.00 bits per heavy atom. The van der Waals surface area contributed by atoms with Crippen molar-refractivity contribution in [1.82, 2.24) is 0 Å². The summed E-state index contributed by atoms with van der Waals surface area (Å²) in [6.45, 7) is 0. The van der Waals surface area contributed by atoms with Crippen LogP contribution >= 0.6 is 0 Å². The van der Waals surface area contributed by atoms with Crippen molar-refractivity contribution in [2.75, 3.05) is 11.1 Å². The second-order valence-electron chi connectivity index (χ2n) is 5.12. The maximum absolute atomic E-state index is 12.2. The van der Waals surface area contributed by atoms with E-state index in [1.54, 1.807) is 36.4 Å². The minimum Gasteiger partial charge on any atom is -0.397 e. The van der Waals surface area contributed by atoms with Gasteiger partial charge in [-0.3, -0.25) is 4.79 Å². The van der Waals surface area contributed by atoms with E-state index >= 15 is 0 Å². The molecule has 0 aliphatic carbocycles. The molecule has 3 rings (SSSR count). The van der Waals surface area contributed by atoms with Crippen molar-refractivity contribution in [1.29, 1.82) is 0 Å². The average molecular weight is 316 g/mol. The summed E-state index contributed by atoms with van der Waals surface area (Å²) >= 11 is 0. The van der Waals surface area contributed by atoms with Crippen LogP contribution in [0.5, 0.6) is 0 Å². The summed E-state index contributed by atoms with van der Waals surface area (Å²) in [6.07, 6.45) is 0. The molecular formula is C19H16N4O. The molecule has 118 valence electrons. The zero-order valence-electron chi connectivity index (χ0n) is 12.9. The maximum atomic E-state index is 12.2. The van der Waals surface area contributed by atoms with Gasteiger partial charge in [-0.05, 0) is 48.5 Å². The van der Waals surface area contributed by atoms with Gasteiger partial charge >= 0.3 is 0 Å². The van der Waals surface area contributed by atoms with Crippen LogP contribution in [0, 0.1) is 0 Å². The zero-order chi connectivity index (χ0) is 16.8. The third kappa shape index (κ3) is 3.84. The lowest BCUT2D eigenvalue weighted by Gasteiger charge is -2.07. The molecule has 5 nitrogen and oxygen atoms in total. The second-order valence-corrected chi connectivity index (χ2v) is 5.12. The molecule has 0 saturated carbocycles. The number of rotatable bonds is 4. The quantitative estimate of drug-likeness (QED) is 0.528. The van der Waals surface area contributed by atoms with E-state index in [9.17, 15) is 4.79 Å². The summed E-state index contributed by atoms with van der Waals surface area (Å²) in [5.41, 5.74) is 8.92. The van der Waals surface area contributed by atoms with E-state index in [0.717, 1.165) is 5.69 Å². The topological polar surface area (TPSA) is 79.8 Å². The molecule has 3 N–H and O–H groups in total. The number of anilines is 2. The Hall–Kier alpha value is -3.47. The van der Waals surface area contributed by atoms with E-state index < -0.39 is 0 Å². The minimum atomic E-state index is -0.223. The summed E-state index contributed by atoms with van der Waals surface area (Å²) in [5.74, 6) is -0.223. The molecule has 24 heavy (non-hydrogen) atoms. The van der Waals surface area contributed by atoms with Gasteiger partial charge in [0.2, 0.25) is 0 Å². The Kier molecular flexibility index (Phi) is 4.62. The fraction of sp³-hybridized carbons (Fsp3) is 0. The number of nitrogens with zero attached hydrogens (tertiary/aromatic N) is 2. The number of carbonyl (C=O) groups excluding carboxylic acids is 1. The monoisotopic (exact) mass is 316 g/mol. The zero-order valence-corrected chi connectivity index (χ0v) is 12.9. The van der Waals surface area contributed by atoms with Crippen molar-refractivity contribution < 1.29 is 4.79 Å². The molecular weight excluding hydrogens is 300 g/mol. The highest BCUT2D eigenvalue weighted by Crippen LogP contribution is 2.20. The van der Waals surface area contributed by atoms with Crippen molar-refractivity contribution in [3.8, 4) is 0 Å². The molecule has 0 unspecified atom stereocenters. The van der Waals surface area contributed by atoms with Gasteiger partial charge in [0.1, 0.15) is 0 Å². The summed E-state index contributed by atoms with van der Waals surface area (Å²) in [6, 6.07) is 23.5. The number of para-hydroxylation sites is 2. The maximum Gasteiger partial charge on any atom is 0.255 e. The molecule has 0 atom stereocenters. The summed E-state index contributed by atoms with van der Waals surface area (Å²) in [4.78, 5) is 12.2. The number of hydrogen-bond acceptors (Lipinski definition) is 4.